The van der Waals surface area contributed by atoms with Crippen LogP contribution in [-0.2, 0) is 0 Å². The molecule has 0 heterocycles. The quantitative estimate of drug-likeness (QED) is 0.870. The predicted molar refractivity (Wildman–Crippen MR) is 78.2 cm³/mol. The Labute approximate surface area is 114 Å². The van der Waals surface area contributed by atoms with Crippen LogP contribution in [0.4, 0.5) is 0 Å². The van der Waals surface area contributed by atoms with Gasteiger partial charge in [0, 0.05) is 0 Å². The Balaban J connectivity index is 1.78. The minimum atomic E-state index is -0.330. The van der Waals surface area contributed by atoms with Crippen molar-refractivity contribution in [3.05, 3.63) is 70.8 Å². The molecule has 1 fully saturated rings. The van der Waals surface area contributed by atoms with Crippen LogP contribution in [0.1, 0.15) is 40.7 Å². The minimum absolute atomic E-state index is 0.330. The fraction of sp³-hybridized carbons (Fsp3) is 0.333. The van der Waals surface area contributed by atoms with Gasteiger partial charge in [-0.1, -0.05) is 59.7 Å². The Morgan fingerprint density at radius 3 is 2.26 bits per heavy atom. The van der Waals surface area contributed by atoms with Crippen molar-refractivity contribution in [2.45, 2.75) is 32.3 Å². The van der Waals surface area contributed by atoms with E-state index in [9.17, 15) is 5.11 Å². The lowest BCUT2D eigenvalue weighted by atomic mass is 9.98. The van der Waals surface area contributed by atoms with Crippen molar-refractivity contribution in [2.24, 2.45) is 5.92 Å². The summed E-state index contributed by atoms with van der Waals surface area (Å²) in [6, 6.07) is 16.9. The molecule has 1 heteroatoms. The van der Waals surface area contributed by atoms with E-state index in [0.29, 0.717) is 11.8 Å². The van der Waals surface area contributed by atoms with Gasteiger partial charge in [0.25, 0.3) is 0 Å². The summed E-state index contributed by atoms with van der Waals surface area (Å²) >= 11 is 0. The van der Waals surface area contributed by atoms with Gasteiger partial charge in [0.1, 0.15) is 0 Å². The van der Waals surface area contributed by atoms with Crippen LogP contribution in [0.15, 0.2) is 48.5 Å². The zero-order chi connectivity index (χ0) is 13.4. The van der Waals surface area contributed by atoms with Gasteiger partial charge in [-0.05, 0) is 43.2 Å². The maximum Gasteiger partial charge on any atom is 0.0824 e. The van der Waals surface area contributed by atoms with Crippen molar-refractivity contribution in [3.8, 4) is 0 Å². The first kappa shape index (κ1) is 12.4. The number of aliphatic hydroxyl groups is 1. The molecule has 1 N–H and O–H groups in total. The first-order chi connectivity index (χ1) is 9.15. The highest BCUT2D eigenvalue weighted by atomic mass is 16.3. The molecule has 1 aliphatic carbocycles. The summed E-state index contributed by atoms with van der Waals surface area (Å²) in [6.45, 7) is 4.18. The Kier molecular flexibility index (Phi) is 3.16. The van der Waals surface area contributed by atoms with Gasteiger partial charge in [-0.2, -0.15) is 0 Å². The van der Waals surface area contributed by atoms with Crippen molar-refractivity contribution in [2.75, 3.05) is 0 Å². The molecule has 0 radical (unpaired) electrons. The minimum Gasteiger partial charge on any atom is -0.388 e. The van der Waals surface area contributed by atoms with Gasteiger partial charge in [-0.3, -0.25) is 0 Å². The second-order valence-electron chi connectivity index (χ2n) is 5.78. The molecule has 0 bridgehead atoms. The fourth-order valence-corrected chi connectivity index (χ4v) is 3.07. The molecule has 98 valence electrons. The number of benzene rings is 2. The number of aliphatic hydroxyl groups excluding tert-OH is 1. The van der Waals surface area contributed by atoms with E-state index in [1.807, 2.05) is 6.07 Å². The van der Waals surface area contributed by atoms with Crippen molar-refractivity contribution in [1.82, 2.24) is 0 Å². The molecule has 0 amide bonds. The normalized spacial score (nSPS) is 23.1. The lowest BCUT2D eigenvalue weighted by Crippen LogP contribution is -2.02. The van der Waals surface area contributed by atoms with Gasteiger partial charge in [-0.15, -0.1) is 0 Å². The predicted octanol–water partition coefficient (Wildman–Crippen LogP) is 4.14. The van der Waals surface area contributed by atoms with Gasteiger partial charge >= 0.3 is 0 Å². The smallest absolute Gasteiger partial charge is 0.0824 e. The molecule has 2 aromatic rings. The molecule has 0 spiro atoms. The van der Waals surface area contributed by atoms with Crippen LogP contribution in [0.5, 0.6) is 0 Å². The third-order valence-electron chi connectivity index (χ3n) is 4.06. The Morgan fingerprint density at radius 1 is 1.00 bits per heavy atom. The monoisotopic (exact) mass is 252 g/mol. The summed E-state index contributed by atoms with van der Waals surface area (Å²) in [6.07, 6.45) is 0.766. The topological polar surface area (TPSA) is 20.2 Å². The Hall–Kier alpha value is -1.60. The largest absolute Gasteiger partial charge is 0.388 e. The van der Waals surface area contributed by atoms with Gasteiger partial charge in [0.05, 0.1) is 6.10 Å². The van der Waals surface area contributed by atoms with Crippen LogP contribution in [0.3, 0.4) is 0 Å². The lowest BCUT2D eigenvalue weighted by molar-refractivity contribution is 0.151. The average Bonchev–Trinajstić information content (AvgIpc) is 3.18. The molecule has 1 aliphatic rings. The molecular formula is C18H20O. The summed E-state index contributed by atoms with van der Waals surface area (Å²) < 4.78 is 0. The van der Waals surface area contributed by atoms with Crippen molar-refractivity contribution < 1.29 is 5.11 Å². The van der Waals surface area contributed by atoms with E-state index in [4.69, 9.17) is 0 Å². The van der Waals surface area contributed by atoms with Gasteiger partial charge < -0.3 is 5.11 Å². The molecule has 1 nitrogen and oxygen atoms in total. The lowest BCUT2D eigenvalue weighted by Gasteiger charge is -2.13. The van der Waals surface area contributed by atoms with Crippen molar-refractivity contribution in [1.29, 1.82) is 0 Å². The highest BCUT2D eigenvalue weighted by molar-refractivity contribution is 5.33. The molecule has 0 aromatic heterocycles. The zero-order valence-corrected chi connectivity index (χ0v) is 11.5. The van der Waals surface area contributed by atoms with Gasteiger partial charge in [0.2, 0.25) is 0 Å². The van der Waals surface area contributed by atoms with Crippen LogP contribution in [0, 0.1) is 19.8 Å². The number of rotatable bonds is 3. The standard InChI is InChI=1S/C18H20O/c1-12-8-13(2)10-15(9-12)18(19)17-11-16(17)14-6-4-3-5-7-14/h3-10,16-19H,11H2,1-2H3. The first-order valence-corrected chi connectivity index (χ1v) is 6.96. The summed E-state index contributed by atoms with van der Waals surface area (Å²) in [5, 5.41) is 10.5. The second kappa shape index (κ2) is 4.82. The van der Waals surface area contributed by atoms with Crippen LogP contribution in [-0.4, -0.2) is 5.11 Å². The van der Waals surface area contributed by atoms with Crippen molar-refractivity contribution >= 4 is 0 Å². The molecule has 0 aliphatic heterocycles. The third kappa shape index (κ3) is 2.57. The Morgan fingerprint density at radius 2 is 1.63 bits per heavy atom. The second-order valence-corrected chi connectivity index (χ2v) is 5.78. The SMILES string of the molecule is Cc1cc(C)cc(C(O)C2CC2c2ccccc2)c1. The summed E-state index contributed by atoms with van der Waals surface area (Å²) in [5.74, 6) is 0.903. The third-order valence-corrected chi connectivity index (χ3v) is 4.06. The summed E-state index contributed by atoms with van der Waals surface area (Å²) in [7, 11) is 0. The maximum absolute atomic E-state index is 10.5. The number of hydrogen-bond donors (Lipinski definition) is 1. The highest BCUT2D eigenvalue weighted by Gasteiger charge is 2.43. The van der Waals surface area contributed by atoms with E-state index in [-0.39, 0.29) is 6.10 Å². The summed E-state index contributed by atoms with van der Waals surface area (Å²) in [4.78, 5) is 0. The molecule has 0 saturated heterocycles. The van der Waals surface area contributed by atoms with E-state index in [0.717, 1.165) is 12.0 Å². The van der Waals surface area contributed by atoms with E-state index in [1.54, 1.807) is 0 Å². The van der Waals surface area contributed by atoms with E-state index in [2.05, 4.69) is 56.3 Å². The van der Waals surface area contributed by atoms with Gasteiger partial charge in [0.15, 0.2) is 0 Å². The Bertz CT molecular complexity index is 553. The summed E-state index contributed by atoms with van der Waals surface area (Å²) in [5.41, 5.74) is 4.88. The van der Waals surface area contributed by atoms with Crippen LogP contribution in [0.2, 0.25) is 0 Å². The zero-order valence-electron chi connectivity index (χ0n) is 11.5. The first-order valence-electron chi connectivity index (χ1n) is 6.96. The number of hydrogen-bond acceptors (Lipinski definition) is 1. The molecule has 3 atom stereocenters. The van der Waals surface area contributed by atoms with Crippen LogP contribution in [0.25, 0.3) is 0 Å². The molecule has 3 unspecified atom stereocenters. The van der Waals surface area contributed by atoms with Crippen LogP contribution < -0.4 is 0 Å². The highest BCUT2D eigenvalue weighted by Crippen LogP contribution is 2.54. The van der Waals surface area contributed by atoms with E-state index >= 15 is 0 Å². The molecule has 1 saturated carbocycles. The molecule has 19 heavy (non-hydrogen) atoms. The van der Waals surface area contributed by atoms with Crippen molar-refractivity contribution in [3.63, 3.8) is 0 Å². The number of aryl methyl sites for hydroxylation is 2. The van der Waals surface area contributed by atoms with Gasteiger partial charge in [-0.25, -0.2) is 0 Å². The fourth-order valence-electron chi connectivity index (χ4n) is 3.07. The van der Waals surface area contributed by atoms with Crippen LogP contribution >= 0.6 is 0 Å². The average molecular weight is 252 g/mol. The van der Waals surface area contributed by atoms with E-state index in [1.165, 1.54) is 16.7 Å². The molecular weight excluding hydrogens is 232 g/mol. The molecule has 2 aromatic carbocycles. The maximum atomic E-state index is 10.5. The molecule has 3 rings (SSSR count). The van der Waals surface area contributed by atoms with E-state index < -0.39 is 0 Å².